The summed E-state index contributed by atoms with van der Waals surface area (Å²) in [5.74, 6) is 0.460. The second-order valence-corrected chi connectivity index (χ2v) is 5.00. The second kappa shape index (κ2) is 4.75. The van der Waals surface area contributed by atoms with Crippen LogP contribution in [-0.4, -0.2) is 25.7 Å². The van der Waals surface area contributed by atoms with Gasteiger partial charge in [0.15, 0.2) is 5.96 Å². The number of nitrogens with two attached hydrogens (primary N) is 1. The Morgan fingerprint density at radius 2 is 2.06 bits per heavy atom. The van der Waals surface area contributed by atoms with Crippen molar-refractivity contribution in [2.24, 2.45) is 16.1 Å². The zero-order valence-electron chi connectivity index (χ0n) is 10.4. The van der Waals surface area contributed by atoms with Crippen molar-refractivity contribution in [1.29, 1.82) is 0 Å². The molecule has 0 aliphatic carbocycles. The van der Waals surface area contributed by atoms with Gasteiger partial charge in [-0.1, -0.05) is 24.6 Å². The Balaban J connectivity index is 1.89. The summed E-state index contributed by atoms with van der Waals surface area (Å²) < 4.78 is 5.17. The highest BCUT2D eigenvalue weighted by Gasteiger charge is 2.32. The van der Waals surface area contributed by atoms with Crippen LogP contribution >= 0.6 is 0 Å². The molecule has 0 unspecified atom stereocenters. The first kappa shape index (κ1) is 11.9. The molecule has 0 saturated carbocycles. The fraction of sp³-hybridized carbons (Fsp3) is 0.462. The summed E-state index contributed by atoms with van der Waals surface area (Å²) >= 11 is 0. The molecule has 4 nitrogen and oxygen atoms in total. The molecule has 0 spiro atoms. The highest BCUT2D eigenvalue weighted by atomic mass is 16.5. The van der Waals surface area contributed by atoms with E-state index in [1.165, 1.54) is 5.56 Å². The summed E-state index contributed by atoms with van der Waals surface area (Å²) in [7, 11) is 0. The van der Waals surface area contributed by atoms with Crippen molar-refractivity contribution in [3.8, 4) is 0 Å². The van der Waals surface area contributed by atoms with Crippen LogP contribution in [0, 0.1) is 12.3 Å². The van der Waals surface area contributed by atoms with Crippen molar-refractivity contribution in [2.75, 3.05) is 25.1 Å². The smallest absolute Gasteiger partial charge is 0.193 e. The summed E-state index contributed by atoms with van der Waals surface area (Å²) in [6.07, 6.45) is 0. The number of ether oxygens (including phenoxy) is 1. The van der Waals surface area contributed by atoms with E-state index in [2.05, 4.69) is 24.2 Å². The van der Waals surface area contributed by atoms with Crippen molar-refractivity contribution in [1.82, 2.24) is 0 Å². The van der Waals surface area contributed by atoms with Crippen molar-refractivity contribution < 1.29 is 4.74 Å². The Kier molecular flexibility index (Phi) is 3.33. The summed E-state index contributed by atoms with van der Waals surface area (Å²) in [6, 6.07) is 8.06. The van der Waals surface area contributed by atoms with Gasteiger partial charge >= 0.3 is 0 Å². The van der Waals surface area contributed by atoms with Gasteiger partial charge in [0.2, 0.25) is 0 Å². The average molecular weight is 233 g/mol. The molecule has 1 aromatic rings. The quantitative estimate of drug-likeness (QED) is 0.617. The standard InChI is InChI=1S/C13H19N3O/c1-10-3-5-11(6-4-10)16-12(14)15-7-13(2)8-17-9-13/h3-6H,7-9H2,1-2H3,(H3,14,15,16). The van der Waals surface area contributed by atoms with Gasteiger partial charge in [-0.05, 0) is 19.1 Å². The molecule has 1 heterocycles. The van der Waals surface area contributed by atoms with Crippen LogP contribution in [0.25, 0.3) is 0 Å². The Morgan fingerprint density at radius 3 is 2.59 bits per heavy atom. The van der Waals surface area contributed by atoms with Gasteiger partial charge in [-0.25, -0.2) is 0 Å². The summed E-state index contributed by atoms with van der Waals surface area (Å²) in [5.41, 5.74) is 8.19. The monoisotopic (exact) mass is 233 g/mol. The molecule has 17 heavy (non-hydrogen) atoms. The topological polar surface area (TPSA) is 59.6 Å². The van der Waals surface area contributed by atoms with Crippen LogP contribution in [-0.2, 0) is 4.74 Å². The van der Waals surface area contributed by atoms with E-state index >= 15 is 0 Å². The van der Waals surface area contributed by atoms with Gasteiger partial charge in [0, 0.05) is 11.1 Å². The number of benzene rings is 1. The van der Waals surface area contributed by atoms with E-state index in [9.17, 15) is 0 Å². The van der Waals surface area contributed by atoms with Gasteiger partial charge in [0.05, 0.1) is 19.8 Å². The van der Waals surface area contributed by atoms with Crippen LogP contribution in [0.3, 0.4) is 0 Å². The van der Waals surface area contributed by atoms with Gasteiger partial charge in [-0.15, -0.1) is 0 Å². The highest BCUT2D eigenvalue weighted by molar-refractivity contribution is 5.92. The van der Waals surface area contributed by atoms with Gasteiger partial charge in [-0.2, -0.15) is 0 Å². The Labute approximate surface area is 102 Å². The molecule has 1 aliphatic rings. The molecule has 2 rings (SSSR count). The van der Waals surface area contributed by atoms with Crippen LogP contribution < -0.4 is 11.1 Å². The van der Waals surface area contributed by atoms with Crippen LogP contribution in [0.4, 0.5) is 5.69 Å². The third-order valence-electron chi connectivity index (χ3n) is 2.86. The highest BCUT2D eigenvalue weighted by Crippen LogP contribution is 2.26. The van der Waals surface area contributed by atoms with Gasteiger partial charge in [0.1, 0.15) is 0 Å². The first-order valence-electron chi connectivity index (χ1n) is 5.79. The van der Waals surface area contributed by atoms with E-state index in [1.807, 2.05) is 24.3 Å². The molecular formula is C13H19N3O. The number of hydrogen-bond acceptors (Lipinski definition) is 2. The van der Waals surface area contributed by atoms with Crippen LogP contribution in [0.1, 0.15) is 12.5 Å². The fourth-order valence-electron chi connectivity index (χ4n) is 1.64. The van der Waals surface area contributed by atoms with Crippen molar-refractivity contribution >= 4 is 11.6 Å². The molecule has 1 saturated heterocycles. The molecule has 0 atom stereocenters. The van der Waals surface area contributed by atoms with Gasteiger partial charge < -0.3 is 15.8 Å². The number of guanidine groups is 1. The molecule has 3 N–H and O–H groups in total. The average Bonchev–Trinajstić information content (AvgIpc) is 2.27. The number of nitrogens with one attached hydrogen (secondary N) is 1. The predicted octanol–water partition coefficient (Wildman–Crippen LogP) is 1.76. The number of aliphatic imine (C=N–C) groups is 1. The Bertz CT molecular complexity index is 407. The maximum absolute atomic E-state index is 5.83. The third-order valence-corrected chi connectivity index (χ3v) is 2.86. The van der Waals surface area contributed by atoms with E-state index in [1.54, 1.807) is 0 Å². The molecular weight excluding hydrogens is 214 g/mol. The Hall–Kier alpha value is -1.55. The zero-order chi connectivity index (χ0) is 12.3. The maximum Gasteiger partial charge on any atom is 0.193 e. The lowest BCUT2D eigenvalue weighted by atomic mass is 9.89. The molecule has 4 heteroatoms. The lowest BCUT2D eigenvalue weighted by Gasteiger charge is -2.36. The minimum atomic E-state index is 0.166. The molecule has 0 aromatic heterocycles. The largest absolute Gasteiger partial charge is 0.380 e. The fourth-order valence-corrected chi connectivity index (χ4v) is 1.64. The molecule has 1 aromatic carbocycles. The Morgan fingerprint density at radius 1 is 1.41 bits per heavy atom. The first-order chi connectivity index (χ1) is 8.07. The zero-order valence-corrected chi connectivity index (χ0v) is 10.4. The minimum Gasteiger partial charge on any atom is -0.380 e. The number of aryl methyl sites for hydroxylation is 1. The first-order valence-corrected chi connectivity index (χ1v) is 5.79. The van der Waals surface area contributed by atoms with Crippen LogP contribution in [0.15, 0.2) is 29.3 Å². The minimum absolute atomic E-state index is 0.166. The van der Waals surface area contributed by atoms with Gasteiger partial charge in [-0.3, -0.25) is 4.99 Å². The summed E-state index contributed by atoms with van der Waals surface area (Å²) in [4.78, 5) is 4.34. The van der Waals surface area contributed by atoms with E-state index in [-0.39, 0.29) is 5.41 Å². The molecule has 0 amide bonds. The molecule has 1 aliphatic heterocycles. The van der Waals surface area contributed by atoms with E-state index in [0.717, 1.165) is 18.9 Å². The summed E-state index contributed by atoms with van der Waals surface area (Å²) in [5, 5.41) is 3.08. The van der Waals surface area contributed by atoms with E-state index in [4.69, 9.17) is 10.5 Å². The van der Waals surface area contributed by atoms with Crippen LogP contribution in [0.2, 0.25) is 0 Å². The number of anilines is 1. The summed E-state index contributed by atoms with van der Waals surface area (Å²) in [6.45, 7) is 6.46. The van der Waals surface area contributed by atoms with Crippen molar-refractivity contribution in [3.05, 3.63) is 29.8 Å². The van der Waals surface area contributed by atoms with E-state index < -0.39 is 0 Å². The van der Waals surface area contributed by atoms with Crippen molar-refractivity contribution in [2.45, 2.75) is 13.8 Å². The maximum atomic E-state index is 5.83. The number of hydrogen-bond donors (Lipinski definition) is 2. The lowest BCUT2D eigenvalue weighted by Crippen LogP contribution is -2.43. The van der Waals surface area contributed by atoms with Crippen LogP contribution in [0.5, 0.6) is 0 Å². The molecule has 0 bridgehead atoms. The SMILES string of the molecule is Cc1ccc(NC(N)=NCC2(C)COC2)cc1. The van der Waals surface area contributed by atoms with E-state index in [0.29, 0.717) is 12.5 Å². The van der Waals surface area contributed by atoms with Gasteiger partial charge in [0.25, 0.3) is 0 Å². The number of nitrogens with zero attached hydrogens (tertiary/aromatic N) is 1. The normalized spacial score (nSPS) is 18.6. The molecule has 1 fully saturated rings. The molecule has 92 valence electrons. The second-order valence-electron chi connectivity index (χ2n) is 5.00. The predicted molar refractivity (Wildman–Crippen MR) is 70.2 cm³/mol. The van der Waals surface area contributed by atoms with Crippen molar-refractivity contribution in [3.63, 3.8) is 0 Å². The number of rotatable bonds is 3. The molecule has 0 radical (unpaired) electrons. The lowest BCUT2D eigenvalue weighted by molar-refractivity contribution is -0.0944. The third kappa shape index (κ3) is 3.20.